The summed E-state index contributed by atoms with van der Waals surface area (Å²) < 4.78 is 46.9. The Morgan fingerprint density at radius 3 is 1.75 bits per heavy atom. The van der Waals surface area contributed by atoms with Gasteiger partial charge >= 0.3 is 17.9 Å². The molecule has 3 rings (SSSR count). The van der Waals surface area contributed by atoms with Crippen LogP contribution >= 0.6 is 0 Å². The molecule has 3 heterocycles. The van der Waals surface area contributed by atoms with Crippen molar-refractivity contribution in [2.24, 2.45) is 5.92 Å². The van der Waals surface area contributed by atoms with E-state index in [1.807, 2.05) is 13.8 Å². The molecule has 3 aliphatic heterocycles. The second-order valence-corrected chi connectivity index (χ2v) is 19.6. The largest absolute Gasteiger partial charge is 0.479 e. The maximum atomic E-state index is 12.3. The summed E-state index contributed by atoms with van der Waals surface area (Å²) in [4.78, 5) is 35.0. The molecular weight excluding hydrogens is 909 g/mol. The normalized spacial score (nSPS) is 31.0. The molecule has 0 spiro atoms. The minimum Gasteiger partial charge on any atom is -0.479 e. The van der Waals surface area contributed by atoms with Crippen molar-refractivity contribution in [2.75, 3.05) is 19.8 Å². The van der Waals surface area contributed by atoms with Crippen LogP contribution in [-0.2, 0) is 52.3 Å². The van der Waals surface area contributed by atoms with Gasteiger partial charge in [0.1, 0.15) is 61.5 Å². The molecule has 9 N–H and O–H groups in total. The highest BCUT2D eigenvalue weighted by atomic mass is 16.8. The third kappa shape index (κ3) is 22.7. The molecule has 3 aliphatic rings. The molecule has 3 fully saturated rings. The Bertz CT molecular complexity index is 1410. The topological polar surface area (TPSA) is 307 Å². The number of ether oxygens (including phenoxy) is 8. The van der Waals surface area contributed by atoms with Gasteiger partial charge in [-0.2, -0.15) is 0 Å². The number of carboxylic acids is 1. The van der Waals surface area contributed by atoms with Crippen LogP contribution in [0.25, 0.3) is 0 Å². The van der Waals surface area contributed by atoms with Crippen molar-refractivity contribution in [3.8, 4) is 0 Å². The van der Waals surface area contributed by atoms with Crippen LogP contribution in [0.2, 0.25) is 0 Å². The fourth-order valence-electron chi connectivity index (χ4n) is 8.83. The quantitative estimate of drug-likeness (QED) is 0.0325. The first-order valence-electron chi connectivity index (χ1n) is 25.8. The number of hydrogen-bond donors (Lipinski definition) is 9. The van der Waals surface area contributed by atoms with E-state index in [9.17, 15) is 55.2 Å². The number of carbonyl (C=O) groups is 3. The van der Waals surface area contributed by atoms with Gasteiger partial charge in [-0.05, 0) is 44.4 Å². The summed E-state index contributed by atoms with van der Waals surface area (Å²) in [6, 6.07) is 0. The van der Waals surface area contributed by atoms with E-state index < -0.39 is 123 Å². The van der Waals surface area contributed by atoms with Crippen LogP contribution in [0.15, 0.2) is 0 Å². The standard InChI is InChI=1S/C49H88O20/c1-5-6-7-18-23-33(24-20-22-32(51)21-17-15-13-11-9-8-10-12-14-16-19-25-34(52)46(60)61)66-48-44(39(55)35(53)27-63-48)69-49-45(41(57)37(29-64-49)65-31(4)50)68-47-43(59)42(58)40(56)36(67-47)28-62-38(54)26-30(2)3/h30,32-37,39-45,47-49,51-53,55-59H,5-29H2,1-4H3,(H,60,61)/t32?,33?,34-,35+,36+,37+,39-,40+,41-,42-,43+,44+,45+,47-,48-,49-/m1/s1. The van der Waals surface area contributed by atoms with Crippen molar-refractivity contribution in [2.45, 2.75) is 267 Å². The first kappa shape index (κ1) is 61.2. The molecule has 0 aliphatic carbocycles. The minimum absolute atomic E-state index is 0.0192. The Labute approximate surface area is 408 Å². The average molecular weight is 997 g/mol. The van der Waals surface area contributed by atoms with Crippen LogP contribution in [0.5, 0.6) is 0 Å². The molecule has 20 heteroatoms. The molecule has 0 bridgehead atoms. The summed E-state index contributed by atoms with van der Waals surface area (Å²) >= 11 is 0. The number of aliphatic carboxylic acids is 1. The third-order valence-corrected chi connectivity index (χ3v) is 13.0. The number of carbonyl (C=O) groups excluding carboxylic acids is 2. The van der Waals surface area contributed by atoms with Crippen LogP contribution in [0, 0.1) is 5.92 Å². The Hall–Kier alpha value is -2.15. The first-order chi connectivity index (χ1) is 32.9. The molecule has 404 valence electrons. The predicted molar refractivity (Wildman–Crippen MR) is 247 cm³/mol. The second kappa shape index (κ2) is 33.6. The number of carboxylic acid groups (broad SMARTS) is 1. The minimum atomic E-state index is -1.90. The highest BCUT2D eigenvalue weighted by molar-refractivity contribution is 5.71. The molecule has 0 aromatic rings. The zero-order chi connectivity index (χ0) is 50.9. The maximum Gasteiger partial charge on any atom is 0.332 e. The molecule has 69 heavy (non-hydrogen) atoms. The number of esters is 2. The first-order valence-corrected chi connectivity index (χ1v) is 25.8. The van der Waals surface area contributed by atoms with Gasteiger partial charge in [-0.15, -0.1) is 0 Å². The maximum absolute atomic E-state index is 12.3. The van der Waals surface area contributed by atoms with E-state index in [4.69, 9.17) is 43.0 Å². The number of aliphatic hydroxyl groups is 8. The van der Waals surface area contributed by atoms with E-state index in [-0.39, 0.29) is 25.0 Å². The van der Waals surface area contributed by atoms with Crippen molar-refractivity contribution in [1.82, 2.24) is 0 Å². The number of aliphatic hydroxyl groups excluding tert-OH is 8. The van der Waals surface area contributed by atoms with Gasteiger partial charge in [0, 0.05) is 13.3 Å². The van der Waals surface area contributed by atoms with Crippen molar-refractivity contribution >= 4 is 17.9 Å². The molecule has 3 saturated heterocycles. The van der Waals surface area contributed by atoms with Gasteiger partial charge in [0.05, 0.1) is 25.4 Å². The number of rotatable bonds is 35. The lowest BCUT2D eigenvalue weighted by molar-refractivity contribution is -0.380. The van der Waals surface area contributed by atoms with Crippen LogP contribution in [0.3, 0.4) is 0 Å². The molecule has 20 nitrogen and oxygen atoms in total. The molecule has 0 aromatic heterocycles. The van der Waals surface area contributed by atoms with E-state index in [1.165, 1.54) is 0 Å². The smallest absolute Gasteiger partial charge is 0.332 e. The molecule has 0 saturated carbocycles. The summed E-state index contributed by atoms with van der Waals surface area (Å²) in [6.45, 7) is 5.68. The van der Waals surface area contributed by atoms with Gasteiger partial charge in [0.15, 0.2) is 31.1 Å². The highest BCUT2D eigenvalue weighted by Crippen LogP contribution is 2.33. The monoisotopic (exact) mass is 997 g/mol. The van der Waals surface area contributed by atoms with E-state index in [1.54, 1.807) is 0 Å². The summed E-state index contributed by atoms with van der Waals surface area (Å²) in [5, 5.41) is 95.0. The van der Waals surface area contributed by atoms with Gasteiger partial charge in [-0.25, -0.2) is 4.79 Å². The van der Waals surface area contributed by atoms with Gasteiger partial charge in [-0.3, -0.25) is 9.59 Å². The second-order valence-electron chi connectivity index (χ2n) is 19.6. The lowest BCUT2D eigenvalue weighted by Crippen LogP contribution is -2.65. The highest BCUT2D eigenvalue weighted by Gasteiger charge is 2.52. The fourth-order valence-corrected chi connectivity index (χ4v) is 8.83. The number of hydrogen-bond acceptors (Lipinski definition) is 19. The van der Waals surface area contributed by atoms with Crippen LogP contribution < -0.4 is 0 Å². The lowest BCUT2D eigenvalue weighted by Gasteiger charge is -2.46. The summed E-state index contributed by atoms with van der Waals surface area (Å²) in [5.41, 5.74) is 0. The molecular formula is C49H88O20. The van der Waals surface area contributed by atoms with Crippen LogP contribution in [-0.4, -0.2) is 182 Å². The van der Waals surface area contributed by atoms with E-state index >= 15 is 0 Å². The zero-order valence-corrected chi connectivity index (χ0v) is 41.5. The van der Waals surface area contributed by atoms with Crippen molar-refractivity contribution in [3.05, 3.63) is 0 Å². The molecule has 0 amide bonds. The van der Waals surface area contributed by atoms with Gasteiger partial charge in [0.25, 0.3) is 0 Å². The fraction of sp³-hybridized carbons (Fsp3) is 0.939. The van der Waals surface area contributed by atoms with Gasteiger partial charge in [-0.1, -0.05) is 117 Å². The predicted octanol–water partition coefficient (Wildman–Crippen LogP) is 3.28. The summed E-state index contributed by atoms with van der Waals surface area (Å²) in [7, 11) is 0. The molecule has 0 aromatic carbocycles. The Balaban J connectivity index is 1.59. The van der Waals surface area contributed by atoms with E-state index in [0.29, 0.717) is 38.5 Å². The molecule has 2 unspecified atom stereocenters. The zero-order valence-electron chi connectivity index (χ0n) is 41.5. The summed E-state index contributed by atoms with van der Waals surface area (Å²) in [5.74, 6) is -2.51. The number of unbranched alkanes of at least 4 members (excludes halogenated alkanes) is 13. The van der Waals surface area contributed by atoms with Gasteiger partial charge in [0.2, 0.25) is 0 Å². The van der Waals surface area contributed by atoms with Crippen molar-refractivity contribution in [3.63, 3.8) is 0 Å². The average Bonchev–Trinajstić information content (AvgIpc) is 3.29. The van der Waals surface area contributed by atoms with Crippen molar-refractivity contribution in [1.29, 1.82) is 0 Å². The van der Waals surface area contributed by atoms with Crippen LogP contribution in [0.1, 0.15) is 169 Å². The van der Waals surface area contributed by atoms with Crippen molar-refractivity contribution < 1.29 is 98.2 Å². The summed E-state index contributed by atoms with van der Waals surface area (Å²) in [6.07, 6.45) is -3.86. The Kier molecular flexibility index (Phi) is 29.7. The third-order valence-electron chi connectivity index (χ3n) is 13.0. The van der Waals surface area contributed by atoms with E-state index in [2.05, 4.69) is 6.92 Å². The van der Waals surface area contributed by atoms with Gasteiger partial charge < -0.3 is 83.9 Å². The molecule has 16 atom stereocenters. The molecule has 0 radical (unpaired) electrons. The van der Waals surface area contributed by atoms with E-state index in [0.717, 1.165) is 103 Å². The lowest BCUT2D eigenvalue weighted by atomic mass is 9.98. The Morgan fingerprint density at radius 2 is 1.14 bits per heavy atom. The SMILES string of the molecule is CCCCCCC(CCCC(O)CCCCCCCCCCCCC[C@@H](O)C(=O)O)O[C@H]1OC[C@H](O)[C@@H](O)[C@@H]1O[C@H]1OC[C@H](OC(C)=O)[C@@H](O)[C@@H]1O[C@H]1O[C@@H](COC(=O)CC(C)C)[C@H](O)[C@@H](O)[C@@H]1O. The van der Waals surface area contributed by atoms with Crippen LogP contribution in [0.4, 0.5) is 0 Å². The Morgan fingerprint density at radius 1 is 0.609 bits per heavy atom.